The molecule has 5 heteroatoms. The zero-order valence-corrected chi connectivity index (χ0v) is 15.5. The molecule has 1 aromatic carbocycles. The van der Waals surface area contributed by atoms with Crippen LogP contribution in [0.5, 0.6) is 0 Å². The number of rotatable bonds is 3. The molecule has 0 unspecified atom stereocenters. The minimum absolute atomic E-state index is 0.0765. The van der Waals surface area contributed by atoms with E-state index in [1.807, 2.05) is 49.3 Å². The Kier molecular flexibility index (Phi) is 4.94. The fourth-order valence-corrected chi connectivity index (χ4v) is 3.63. The lowest BCUT2D eigenvalue weighted by Crippen LogP contribution is -2.47. The molecule has 1 heterocycles. The number of benzene rings is 1. The van der Waals surface area contributed by atoms with Crippen LogP contribution in [0.2, 0.25) is 0 Å². The zero-order chi connectivity index (χ0) is 18.8. The van der Waals surface area contributed by atoms with Crippen molar-refractivity contribution in [1.82, 2.24) is 4.90 Å². The number of nitrogens with zero attached hydrogens (tertiary/aromatic N) is 3. The van der Waals surface area contributed by atoms with Gasteiger partial charge in [0.15, 0.2) is 0 Å². The second-order valence-corrected chi connectivity index (χ2v) is 7.07. The Morgan fingerprint density at radius 3 is 2.27 bits per heavy atom. The quantitative estimate of drug-likeness (QED) is 0.620. The first kappa shape index (κ1) is 17.9. The normalized spacial score (nSPS) is 20.1. The third-order valence-electron chi connectivity index (χ3n) is 5.18. The Hall–Kier alpha value is -2.87. The van der Waals surface area contributed by atoms with E-state index in [0.717, 1.165) is 36.9 Å². The van der Waals surface area contributed by atoms with Gasteiger partial charge in [-0.2, -0.15) is 5.26 Å². The number of anilines is 1. The molecule has 1 aliphatic carbocycles. The average molecular weight is 349 g/mol. The third kappa shape index (κ3) is 3.15. The van der Waals surface area contributed by atoms with Gasteiger partial charge >= 0.3 is 0 Å². The van der Waals surface area contributed by atoms with Crippen LogP contribution in [0.25, 0.3) is 6.08 Å². The van der Waals surface area contributed by atoms with Gasteiger partial charge in [-0.05, 0) is 49.1 Å². The fourth-order valence-electron chi connectivity index (χ4n) is 3.63. The average Bonchev–Trinajstić information content (AvgIpc) is 3.14. The minimum atomic E-state index is -0.443. The lowest BCUT2D eigenvalue weighted by Gasteiger charge is -2.32. The van der Waals surface area contributed by atoms with Crippen molar-refractivity contribution in [3.05, 3.63) is 46.5 Å². The van der Waals surface area contributed by atoms with Gasteiger partial charge in [0.05, 0.1) is 0 Å². The monoisotopic (exact) mass is 349 g/mol. The molecule has 1 fully saturated rings. The largest absolute Gasteiger partial charge is 0.378 e. The molecule has 0 atom stereocenters. The summed E-state index contributed by atoms with van der Waals surface area (Å²) in [5, 5.41) is 9.46. The van der Waals surface area contributed by atoms with Crippen molar-refractivity contribution in [3.8, 4) is 6.07 Å². The third-order valence-corrected chi connectivity index (χ3v) is 5.18. The Morgan fingerprint density at radius 1 is 1.12 bits per heavy atom. The maximum Gasteiger partial charge on any atom is 0.271 e. The van der Waals surface area contributed by atoms with Crippen molar-refractivity contribution in [1.29, 1.82) is 5.26 Å². The van der Waals surface area contributed by atoms with Crippen molar-refractivity contribution in [2.45, 2.75) is 38.6 Å². The molecule has 0 saturated heterocycles. The van der Waals surface area contributed by atoms with E-state index in [4.69, 9.17) is 0 Å². The van der Waals surface area contributed by atoms with Crippen LogP contribution in [0.3, 0.4) is 0 Å². The van der Waals surface area contributed by atoms with Crippen LogP contribution in [-0.2, 0) is 9.59 Å². The van der Waals surface area contributed by atoms with Crippen LogP contribution >= 0.6 is 0 Å². The van der Waals surface area contributed by atoms with Crippen molar-refractivity contribution < 1.29 is 9.59 Å². The summed E-state index contributed by atoms with van der Waals surface area (Å²) < 4.78 is 0. The molecule has 26 heavy (non-hydrogen) atoms. The van der Waals surface area contributed by atoms with E-state index < -0.39 is 5.91 Å². The first-order valence-corrected chi connectivity index (χ1v) is 8.92. The molecule has 0 spiro atoms. The fraction of sp³-hybridized carbons (Fsp3) is 0.381. The Labute approximate surface area is 154 Å². The lowest BCUT2D eigenvalue weighted by atomic mass is 9.92. The van der Waals surface area contributed by atoms with E-state index in [1.165, 1.54) is 4.90 Å². The highest BCUT2D eigenvalue weighted by molar-refractivity contribution is 6.19. The topological polar surface area (TPSA) is 64.4 Å². The molecule has 134 valence electrons. The first-order chi connectivity index (χ1) is 12.4. The van der Waals surface area contributed by atoms with Crippen molar-refractivity contribution in [2.75, 3.05) is 19.0 Å². The van der Waals surface area contributed by atoms with E-state index in [2.05, 4.69) is 0 Å². The molecule has 3 rings (SSSR count). The van der Waals surface area contributed by atoms with Gasteiger partial charge in [-0.15, -0.1) is 0 Å². The van der Waals surface area contributed by atoms with Gasteiger partial charge in [-0.3, -0.25) is 14.5 Å². The van der Waals surface area contributed by atoms with Gasteiger partial charge in [-0.1, -0.05) is 25.0 Å². The van der Waals surface area contributed by atoms with Crippen LogP contribution < -0.4 is 4.90 Å². The molecular weight excluding hydrogens is 326 g/mol. The summed E-state index contributed by atoms with van der Waals surface area (Å²) >= 11 is 0. The van der Waals surface area contributed by atoms with Crippen molar-refractivity contribution in [2.24, 2.45) is 0 Å². The van der Waals surface area contributed by atoms with E-state index in [1.54, 1.807) is 13.0 Å². The lowest BCUT2D eigenvalue weighted by molar-refractivity contribution is -0.143. The highest BCUT2D eigenvalue weighted by atomic mass is 16.2. The minimum Gasteiger partial charge on any atom is -0.378 e. The summed E-state index contributed by atoms with van der Waals surface area (Å²) in [5.74, 6) is -0.725. The van der Waals surface area contributed by atoms with E-state index in [9.17, 15) is 14.9 Å². The zero-order valence-electron chi connectivity index (χ0n) is 15.5. The van der Waals surface area contributed by atoms with Gasteiger partial charge < -0.3 is 4.90 Å². The number of imide groups is 1. The number of hydrogen-bond acceptors (Lipinski definition) is 4. The highest BCUT2D eigenvalue weighted by Crippen LogP contribution is 2.33. The van der Waals surface area contributed by atoms with E-state index in [0.29, 0.717) is 11.1 Å². The molecule has 0 N–H and O–H groups in total. The summed E-state index contributed by atoms with van der Waals surface area (Å²) in [6.07, 6.45) is 5.44. The van der Waals surface area contributed by atoms with Gasteiger partial charge in [0.25, 0.3) is 11.8 Å². The number of carbonyl (C=O) groups excluding carboxylic acids is 2. The first-order valence-electron chi connectivity index (χ1n) is 8.92. The van der Waals surface area contributed by atoms with Gasteiger partial charge in [0.2, 0.25) is 0 Å². The summed E-state index contributed by atoms with van der Waals surface area (Å²) in [6, 6.07) is 9.74. The van der Waals surface area contributed by atoms with Gasteiger partial charge in [0, 0.05) is 31.4 Å². The SMILES string of the molecule is CC1=C(C#N)C(=O)N(C2CCCC2)C(=O)C1=Cc1ccc(N(C)C)cc1. The van der Waals surface area contributed by atoms with Crippen molar-refractivity contribution >= 4 is 23.6 Å². The molecule has 0 radical (unpaired) electrons. The predicted octanol–water partition coefficient (Wildman–Crippen LogP) is 3.29. The highest BCUT2D eigenvalue weighted by Gasteiger charge is 2.40. The summed E-state index contributed by atoms with van der Waals surface area (Å²) in [5.41, 5.74) is 2.91. The van der Waals surface area contributed by atoms with Crippen LogP contribution in [0.15, 0.2) is 41.0 Å². The molecule has 0 bridgehead atoms. The molecule has 0 aromatic heterocycles. The maximum absolute atomic E-state index is 13.1. The number of nitriles is 1. The summed E-state index contributed by atoms with van der Waals surface area (Å²) in [4.78, 5) is 29.1. The Bertz CT molecular complexity index is 835. The van der Waals surface area contributed by atoms with Crippen LogP contribution in [-0.4, -0.2) is 36.9 Å². The number of hydrogen-bond donors (Lipinski definition) is 0. The molecular formula is C21H23N3O2. The maximum atomic E-state index is 13.1. The number of amides is 2. The van der Waals surface area contributed by atoms with E-state index in [-0.39, 0.29) is 17.5 Å². The van der Waals surface area contributed by atoms with E-state index >= 15 is 0 Å². The smallest absolute Gasteiger partial charge is 0.271 e. The Balaban J connectivity index is 2.03. The standard InChI is InChI=1S/C21H23N3O2/c1-14-18(12-15-8-10-16(11-9-15)23(2)3)20(25)24(17-6-4-5-7-17)21(26)19(14)13-22/h8-12,17H,4-7H2,1-3H3. The second kappa shape index (κ2) is 7.17. The van der Waals surface area contributed by atoms with Crippen LogP contribution in [0, 0.1) is 11.3 Å². The van der Waals surface area contributed by atoms with Gasteiger partial charge in [-0.25, -0.2) is 0 Å². The Morgan fingerprint density at radius 2 is 1.73 bits per heavy atom. The second-order valence-electron chi connectivity index (χ2n) is 7.07. The summed E-state index contributed by atoms with van der Waals surface area (Å²) in [7, 11) is 3.94. The molecule has 1 aromatic rings. The molecule has 2 amide bonds. The molecule has 1 saturated carbocycles. The molecule has 2 aliphatic rings. The summed E-state index contributed by atoms with van der Waals surface area (Å²) in [6.45, 7) is 1.68. The van der Waals surface area contributed by atoms with Crippen molar-refractivity contribution in [3.63, 3.8) is 0 Å². The molecule has 5 nitrogen and oxygen atoms in total. The van der Waals surface area contributed by atoms with Crippen LogP contribution in [0.1, 0.15) is 38.2 Å². The molecule has 1 aliphatic heterocycles. The number of carbonyl (C=O) groups is 2. The van der Waals surface area contributed by atoms with Gasteiger partial charge in [0.1, 0.15) is 11.6 Å². The van der Waals surface area contributed by atoms with Crippen LogP contribution in [0.4, 0.5) is 5.69 Å². The predicted molar refractivity (Wildman–Crippen MR) is 101 cm³/mol.